The zero-order chi connectivity index (χ0) is 16.8. The van der Waals surface area contributed by atoms with Crippen molar-refractivity contribution in [1.29, 1.82) is 0 Å². The Balaban J connectivity index is 2.76. The van der Waals surface area contributed by atoms with E-state index in [2.05, 4.69) is 11.8 Å². The number of benzene rings is 1. The van der Waals surface area contributed by atoms with Gasteiger partial charge in [-0.25, -0.2) is 4.79 Å². The van der Waals surface area contributed by atoms with Crippen LogP contribution in [-0.2, 0) is 16.1 Å². The molecule has 1 aromatic carbocycles. The largest absolute Gasteiger partial charge is 0.450 e. The molecule has 1 aromatic rings. The first-order valence-corrected chi connectivity index (χ1v) is 7.43. The molecule has 0 aromatic heterocycles. The van der Waals surface area contributed by atoms with E-state index in [1.54, 1.807) is 20.8 Å². The van der Waals surface area contributed by atoms with E-state index in [-0.39, 0.29) is 5.92 Å². The lowest BCUT2D eigenvalue weighted by molar-refractivity contribution is -0.147. The van der Waals surface area contributed by atoms with E-state index in [0.717, 1.165) is 10.6 Å². The van der Waals surface area contributed by atoms with Crippen LogP contribution in [0.25, 0.3) is 0 Å². The molecule has 1 atom stereocenters. The van der Waals surface area contributed by atoms with Gasteiger partial charge in [-0.3, -0.25) is 0 Å². The van der Waals surface area contributed by atoms with Gasteiger partial charge in [0.25, 0.3) is 0 Å². The minimum atomic E-state index is -0.578. The molecular weight excluding hydrogens is 278 g/mol. The molecule has 4 nitrogen and oxygen atoms in total. The maximum atomic E-state index is 11.7. The Morgan fingerprint density at radius 1 is 1.27 bits per heavy atom. The van der Waals surface area contributed by atoms with Crippen LogP contribution in [0.1, 0.15) is 40.2 Å². The van der Waals surface area contributed by atoms with Crippen molar-refractivity contribution >= 4 is 5.97 Å². The van der Waals surface area contributed by atoms with Gasteiger partial charge in [0.1, 0.15) is 5.60 Å². The van der Waals surface area contributed by atoms with E-state index < -0.39 is 17.6 Å². The molecule has 0 fully saturated rings. The van der Waals surface area contributed by atoms with Crippen LogP contribution in [0.5, 0.6) is 0 Å². The van der Waals surface area contributed by atoms with Gasteiger partial charge in [-0.05, 0) is 32.3 Å². The van der Waals surface area contributed by atoms with Crippen LogP contribution in [0.3, 0.4) is 0 Å². The standard InChI is InChI=1S/C18H25NO3/c1-14(2)16(11-12-17(20)22-18(3,4)5)19(21)13-15-9-7-6-8-10-15/h6-10,14,16,21H,13H2,1-5H3. The molecule has 0 saturated heterocycles. The van der Waals surface area contributed by atoms with Gasteiger partial charge < -0.3 is 9.94 Å². The maximum absolute atomic E-state index is 11.7. The summed E-state index contributed by atoms with van der Waals surface area (Å²) in [7, 11) is 0. The van der Waals surface area contributed by atoms with Gasteiger partial charge in [0.15, 0.2) is 0 Å². The van der Waals surface area contributed by atoms with Crippen LogP contribution in [0.4, 0.5) is 0 Å². The third-order valence-corrected chi connectivity index (χ3v) is 2.86. The topological polar surface area (TPSA) is 49.8 Å². The third-order valence-electron chi connectivity index (χ3n) is 2.86. The zero-order valence-electron chi connectivity index (χ0n) is 14.0. The number of hydrogen-bond acceptors (Lipinski definition) is 4. The summed E-state index contributed by atoms with van der Waals surface area (Å²) in [6.45, 7) is 9.62. The molecule has 1 N–H and O–H groups in total. The predicted molar refractivity (Wildman–Crippen MR) is 86.0 cm³/mol. The second-order valence-corrected chi connectivity index (χ2v) is 6.54. The minimum Gasteiger partial charge on any atom is -0.450 e. The highest BCUT2D eigenvalue weighted by Gasteiger charge is 2.19. The predicted octanol–water partition coefficient (Wildman–Crippen LogP) is 3.25. The molecular formula is C18H25NO3. The third kappa shape index (κ3) is 6.75. The SMILES string of the molecule is CC(C)C(C#CC(=O)OC(C)(C)C)N(O)Cc1ccccc1. The van der Waals surface area contributed by atoms with E-state index in [1.807, 2.05) is 44.2 Å². The summed E-state index contributed by atoms with van der Waals surface area (Å²) in [5, 5.41) is 11.4. The number of ether oxygens (including phenoxy) is 1. The summed E-state index contributed by atoms with van der Waals surface area (Å²) >= 11 is 0. The van der Waals surface area contributed by atoms with Crippen molar-refractivity contribution in [2.24, 2.45) is 5.92 Å². The van der Waals surface area contributed by atoms with Crippen molar-refractivity contribution in [1.82, 2.24) is 5.06 Å². The lowest BCUT2D eigenvalue weighted by Gasteiger charge is -2.25. The first-order chi connectivity index (χ1) is 10.2. The molecule has 0 radical (unpaired) electrons. The molecule has 1 unspecified atom stereocenters. The molecule has 120 valence electrons. The number of carbonyl (C=O) groups is 1. The Kier molecular flexibility index (Phi) is 6.61. The van der Waals surface area contributed by atoms with Gasteiger partial charge in [0.2, 0.25) is 0 Å². The van der Waals surface area contributed by atoms with Crippen molar-refractivity contribution in [3.05, 3.63) is 35.9 Å². The fourth-order valence-corrected chi connectivity index (χ4v) is 1.89. The van der Waals surface area contributed by atoms with Crippen molar-refractivity contribution in [3.63, 3.8) is 0 Å². The summed E-state index contributed by atoms with van der Waals surface area (Å²) in [4.78, 5) is 11.7. The Bertz CT molecular complexity index is 535. The molecule has 22 heavy (non-hydrogen) atoms. The lowest BCUT2D eigenvalue weighted by atomic mass is 10.0. The van der Waals surface area contributed by atoms with E-state index in [0.29, 0.717) is 6.54 Å². The fourth-order valence-electron chi connectivity index (χ4n) is 1.89. The van der Waals surface area contributed by atoms with Gasteiger partial charge in [-0.15, -0.1) is 0 Å². The molecule has 0 aliphatic heterocycles. The van der Waals surface area contributed by atoms with E-state index >= 15 is 0 Å². The molecule has 1 rings (SSSR count). The van der Waals surface area contributed by atoms with Crippen molar-refractivity contribution < 1.29 is 14.7 Å². The number of nitrogens with zero attached hydrogens (tertiary/aromatic N) is 1. The van der Waals surface area contributed by atoms with Crippen molar-refractivity contribution in [3.8, 4) is 11.8 Å². The van der Waals surface area contributed by atoms with Gasteiger partial charge >= 0.3 is 5.97 Å². The molecule has 0 saturated carbocycles. The van der Waals surface area contributed by atoms with Crippen LogP contribution >= 0.6 is 0 Å². The molecule has 0 amide bonds. The molecule has 0 heterocycles. The van der Waals surface area contributed by atoms with Gasteiger partial charge in [-0.1, -0.05) is 50.1 Å². The van der Waals surface area contributed by atoms with Crippen LogP contribution in [0.2, 0.25) is 0 Å². The smallest absolute Gasteiger partial charge is 0.384 e. The first-order valence-electron chi connectivity index (χ1n) is 7.43. The zero-order valence-corrected chi connectivity index (χ0v) is 14.0. The second kappa shape index (κ2) is 7.98. The molecule has 0 bridgehead atoms. The molecule has 0 aliphatic rings. The van der Waals surface area contributed by atoms with Crippen LogP contribution in [0, 0.1) is 17.8 Å². The highest BCUT2D eigenvalue weighted by atomic mass is 16.6. The summed E-state index contributed by atoms with van der Waals surface area (Å²) < 4.78 is 5.15. The average Bonchev–Trinajstić information content (AvgIpc) is 2.37. The van der Waals surface area contributed by atoms with Crippen LogP contribution in [0.15, 0.2) is 30.3 Å². The van der Waals surface area contributed by atoms with Gasteiger partial charge in [-0.2, -0.15) is 5.06 Å². The number of hydrogen-bond donors (Lipinski definition) is 1. The van der Waals surface area contributed by atoms with Crippen LogP contribution in [-0.4, -0.2) is 27.9 Å². The summed E-state index contributed by atoms with van der Waals surface area (Å²) in [5.74, 6) is 4.78. The highest BCUT2D eigenvalue weighted by Crippen LogP contribution is 2.12. The van der Waals surface area contributed by atoms with E-state index in [9.17, 15) is 10.0 Å². The van der Waals surface area contributed by atoms with E-state index in [4.69, 9.17) is 4.74 Å². The number of rotatable bonds is 4. The quantitative estimate of drug-likeness (QED) is 0.401. The molecule has 0 spiro atoms. The number of hydroxylamine groups is 2. The summed E-state index contributed by atoms with van der Waals surface area (Å²) in [5.41, 5.74) is 0.414. The van der Waals surface area contributed by atoms with Crippen molar-refractivity contribution in [2.45, 2.75) is 52.8 Å². The van der Waals surface area contributed by atoms with Gasteiger partial charge in [0, 0.05) is 5.92 Å². The highest BCUT2D eigenvalue weighted by molar-refractivity contribution is 5.88. The van der Waals surface area contributed by atoms with Crippen LogP contribution < -0.4 is 0 Å². The Morgan fingerprint density at radius 2 is 1.86 bits per heavy atom. The average molecular weight is 303 g/mol. The van der Waals surface area contributed by atoms with Crippen molar-refractivity contribution in [2.75, 3.05) is 0 Å². The number of carbonyl (C=O) groups excluding carboxylic acids is 1. The monoisotopic (exact) mass is 303 g/mol. The van der Waals surface area contributed by atoms with Gasteiger partial charge in [0.05, 0.1) is 12.6 Å². The molecule has 4 heteroatoms. The Hall–Kier alpha value is -1.83. The minimum absolute atomic E-state index is 0.0728. The normalized spacial score (nSPS) is 12.7. The molecule has 0 aliphatic carbocycles. The lowest BCUT2D eigenvalue weighted by Crippen LogP contribution is -2.35. The summed E-state index contributed by atoms with van der Waals surface area (Å²) in [6.07, 6.45) is 0. The second-order valence-electron chi connectivity index (χ2n) is 6.54. The fraction of sp³-hybridized carbons (Fsp3) is 0.500. The number of esters is 1. The Morgan fingerprint density at radius 3 is 2.36 bits per heavy atom. The maximum Gasteiger partial charge on any atom is 0.384 e. The Labute approximate surface area is 133 Å². The van der Waals surface area contributed by atoms with E-state index in [1.165, 1.54) is 0 Å². The first kappa shape index (κ1) is 18.2. The summed E-state index contributed by atoms with van der Waals surface area (Å²) in [6, 6.07) is 9.18.